The molecule has 0 saturated heterocycles. The largest absolute Gasteiger partial charge is 0.137 e. The SMILES string of the molecule is C1=CC2CCC1c1sc3c(sc4c5c(sc43)C3C=CC5CC3)c12. The van der Waals surface area contributed by atoms with Crippen molar-refractivity contribution < 1.29 is 0 Å². The molecule has 4 bridgehead atoms. The summed E-state index contributed by atoms with van der Waals surface area (Å²) in [5.74, 6) is 2.87. The molecular weight excluding hydrogens is 336 g/mol. The van der Waals surface area contributed by atoms with Crippen LogP contribution >= 0.6 is 34.0 Å². The maximum atomic E-state index is 2.50. The average Bonchev–Trinajstić information content (AvgIpc) is 3.26. The van der Waals surface area contributed by atoms with E-state index in [2.05, 4.69) is 58.3 Å². The molecule has 3 aromatic rings. The van der Waals surface area contributed by atoms with Crippen molar-refractivity contribution in [3.8, 4) is 0 Å². The Morgan fingerprint density at radius 1 is 0.522 bits per heavy atom. The van der Waals surface area contributed by atoms with E-state index in [1.165, 1.54) is 25.7 Å². The standard InChI is InChI=1S/C20H16S3/c1-5-11-6-2-9(1)13-15(11)21-19-17(13)23-18-14-10-3-7-12(8-4-10)16(14)22-20(18)19/h1,3,5,7,9-12H,2,4,6,8H2. The van der Waals surface area contributed by atoms with Crippen LogP contribution in [0.25, 0.3) is 18.8 Å². The molecule has 0 amide bonds. The molecule has 6 aliphatic rings. The van der Waals surface area contributed by atoms with Crippen LogP contribution in [0.2, 0.25) is 0 Å². The van der Waals surface area contributed by atoms with Crippen LogP contribution in [0.5, 0.6) is 0 Å². The average molecular weight is 353 g/mol. The summed E-state index contributed by atoms with van der Waals surface area (Å²) in [5.41, 5.74) is 3.45. The van der Waals surface area contributed by atoms with E-state index >= 15 is 0 Å². The third-order valence-corrected chi connectivity index (χ3v) is 10.8. The lowest BCUT2D eigenvalue weighted by Crippen LogP contribution is -2.14. The predicted octanol–water partition coefficient (Wildman–Crippen LogP) is 7.24. The first-order valence-corrected chi connectivity index (χ1v) is 11.2. The molecule has 0 aromatic carbocycles. The van der Waals surface area contributed by atoms with Gasteiger partial charge in [-0.15, -0.1) is 34.0 Å². The molecule has 0 spiro atoms. The van der Waals surface area contributed by atoms with Gasteiger partial charge in [-0.05, 0) is 36.8 Å². The molecule has 4 atom stereocenters. The van der Waals surface area contributed by atoms with Gasteiger partial charge in [0.25, 0.3) is 0 Å². The number of fused-ring (bicyclic) bond motifs is 5. The van der Waals surface area contributed by atoms with Crippen LogP contribution in [0.4, 0.5) is 0 Å². The minimum atomic E-state index is 0.712. The topological polar surface area (TPSA) is 0 Å². The van der Waals surface area contributed by atoms with Crippen LogP contribution in [0.1, 0.15) is 70.2 Å². The summed E-state index contributed by atoms with van der Waals surface area (Å²) >= 11 is 6.41. The van der Waals surface area contributed by atoms with Crippen molar-refractivity contribution >= 4 is 52.8 Å². The third-order valence-electron chi connectivity index (χ3n) is 6.41. The minimum absolute atomic E-state index is 0.712. The summed E-state index contributed by atoms with van der Waals surface area (Å²) in [6.45, 7) is 0. The van der Waals surface area contributed by atoms with Crippen LogP contribution in [0.15, 0.2) is 24.3 Å². The highest BCUT2D eigenvalue weighted by atomic mass is 32.1. The summed E-state index contributed by atoms with van der Waals surface area (Å²) < 4.78 is 6.57. The molecule has 4 unspecified atom stereocenters. The van der Waals surface area contributed by atoms with Crippen LogP contribution in [0.3, 0.4) is 0 Å². The van der Waals surface area contributed by atoms with Crippen molar-refractivity contribution in [2.45, 2.75) is 49.4 Å². The normalized spacial score (nSPS) is 33.0. The lowest BCUT2D eigenvalue weighted by atomic mass is 9.76. The lowest BCUT2D eigenvalue weighted by Gasteiger charge is -2.31. The molecule has 3 aromatic heterocycles. The zero-order chi connectivity index (χ0) is 14.7. The minimum Gasteiger partial charge on any atom is -0.137 e. The number of rotatable bonds is 0. The van der Waals surface area contributed by atoms with Gasteiger partial charge in [-0.25, -0.2) is 0 Å². The van der Waals surface area contributed by atoms with E-state index in [-0.39, 0.29) is 0 Å². The molecule has 0 radical (unpaired) electrons. The first-order chi connectivity index (χ1) is 11.4. The van der Waals surface area contributed by atoms with E-state index in [1.54, 1.807) is 39.7 Å². The fourth-order valence-electron chi connectivity index (χ4n) is 5.31. The number of thiophene rings is 3. The van der Waals surface area contributed by atoms with E-state index in [0.29, 0.717) is 11.8 Å². The molecule has 6 aliphatic carbocycles. The Bertz CT molecular complexity index is 971. The van der Waals surface area contributed by atoms with E-state index in [0.717, 1.165) is 11.8 Å². The van der Waals surface area contributed by atoms with E-state index in [4.69, 9.17) is 0 Å². The van der Waals surface area contributed by atoms with Gasteiger partial charge in [-0.2, -0.15) is 0 Å². The summed E-state index contributed by atoms with van der Waals surface area (Å²) in [4.78, 5) is 3.42. The molecular formula is C20H16S3. The van der Waals surface area contributed by atoms with Gasteiger partial charge < -0.3 is 0 Å². The highest BCUT2D eigenvalue weighted by Crippen LogP contribution is 2.60. The first kappa shape index (κ1) is 12.5. The Morgan fingerprint density at radius 2 is 0.957 bits per heavy atom. The Kier molecular flexibility index (Phi) is 2.17. The van der Waals surface area contributed by atoms with Gasteiger partial charge in [0.05, 0.1) is 18.8 Å². The van der Waals surface area contributed by atoms with Crippen LogP contribution in [0, 0.1) is 0 Å². The van der Waals surface area contributed by atoms with Crippen molar-refractivity contribution in [2.24, 2.45) is 0 Å². The van der Waals surface area contributed by atoms with E-state index in [1.807, 2.05) is 0 Å². The predicted molar refractivity (Wildman–Crippen MR) is 103 cm³/mol. The van der Waals surface area contributed by atoms with Crippen molar-refractivity contribution in [1.82, 2.24) is 0 Å². The smallest absolute Gasteiger partial charge is 0.0635 e. The Hall–Kier alpha value is -0.900. The second-order valence-electron chi connectivity index (χ2n) is 7.53. The molecule has 114 valence electrons. The molecule has 0 N–H and O–H groups in total. The second kappa shape index (κ2) is 4.01. The molecule has 3 heterocycles. The summed E-state index contributed by atoms with van der Waals surface area (Å²) in [6.07, 6.45) is 15.5. The van der Waals surface area contributed by atoms with Crippen LogP contribution < -0.4 is 0 Å². The van der Waals surface area contributed by atoms with Crippen molar-refractivity contribution in [1.29, 1.82) is 0 Å². The fourth-order valence-corrected chi connectivity index (χ4v) is 10.3. The summed E-state index contributed by atoms with van der Waals surface area (Å²) in [6, 6.07) is 0. The second-order valence-corrected chi connectivity index (χ2v) is 10.7. The Morgan fingerprint density at radius 3 is 1.39 bits per heavy atom. The van der Waals surface area contributed by atoms with Crippen molar-refractivity contribution in [2.75, 3.05) is 0 Å². The van der Waals surface area contributed by atoms with E-state index < -0.39 is 0 Å². The number of allylic oxidation sites excluding steroid dienone is 4. The maximum absolute atomic E-state index is 2.50. The maximum Gasteiger partial charge on any atom is 0.0635 e. The molecule has 23 heavy (non-hydrogen) atoms. The Labute approximate surface area is 147 Å². The highest BCUT2D eigenvalue weighted by molar-refractivity contribution is 7.39. The molecule has 9 rings (SSSR count). The van der Waals surface area contributed by atoms with Gasteiger partial charge in [-0.1, -0.05) is 24.3 Å². The fraction of sp³-hybridized carbons (Fsp3) is 0.400. The van der Waals surface area contributed by atoms with Crippen molar-refractivity contribution in [3.05, 3.63) is 45.2 Å². The summed E-state index contributed by atoms with van der Waals surface area (Å²) in [5, 5.41) is 0. The van der Waals surface area contributed by atoms with Gasteiger partial charge in [-0.3, -0.25) is 0 Å². The van der Waals surface area contributed by atoms with Gasteiger partial charge in [0.1, 0.15) is 0 Å². The quantitative estimate of drug-likeness (QED) is 0.374. The van der Waals surface area contributed by atoms with Crippen LogP contribution in [-0.4, -0.2) is 0 Å². The molecule has 3 heteroatoms. The zero-order valence-corrected chi connectivity index (χ0v) is 15.1. The first-order valence-electron chi connectivity index (χ1n) is 8.76. The molecule has 0 aliphatic heterocycles. The molecule has 0 nitrogen and oxygen atoms in total. The molecule has 0 fully saturated rings. The lowest BCUT2D eigenvalue weighted by molar-refractivity contribution is 0.566. The third kappa shape index (κ3) is 1.36. The Balaban J connectivity index is 1.58. The van der Waals surface area contributed by atoms with Gasteiger partial charge in [0.2, 0.25) is 0 Å². The van der Waals surface area contributed by atoms with Crippen LogP contribution in [-0.2, 0) is 0 Å². The highest BCUT2D eigenvalue weighted by Gasteiger charge is 2.37. The number of hydrogen-bond acceptors (Lipinski definition) is 3. The van der Waals surface area contributed by atoms with Crippen molar-refractivity contribution in [3.63, 3.8) is 0 Å². The zero-order valence-electron chi connectivity index (χ0n) is 12.7. The van der Waals surface area contributed by atoms with Gasteiger partial charge in [0, 0.05) is 33.4 Å². The van der Waals surface area contributed by atoms with E-state index in [9.17, 15) is 0 Å². The number of hydrogen-bond donors (Lipinski definition) is 0. The van der Waals surface area contributed by atoms with Gasteiger partial charge in [0.15, 0.2) is 0 Å². The monoisotopic (exact) mass is 352 g/mol. The molecule has 0 saturated carbocycles. The van der Waals surface area contributed by atoms with Gasteiger partial charge >= 0.3 is 0 Å². The summed E-state index contributed by atoms with van der Waals surface area (Å²) in [7, 11) is 0.